The molecule has 7 nitrogen and oxygen atoms in total. The molecule has 2 aliphatic rings. The number of carbonyl (C=O) groups excluding carboxylic acids is 2. The zero-order chi connectivity index (χ0) is 23.4. The van der Waals surface area contributed by atoms with Crippen molar-refractivity contribution in [2.75, 3.05) is 6.61 Å². The molecule has 0 heterocycles. The first-order chi connectivity index (χ1) is 15.9. The number of nitrogens with one attached hydrogen (secondary N) is 2. The predicted octanol–water partition coefficient (Wildman–Crippen LogP) is 4.21. The molecule has 2 aromatic carbocycles. The quantitative estimate of drug-likeness (QED) is 0.531. The van der Waals surface area contributed by atoms with Gasteiger partial charge >= 0.3 is 12.1 Å². The number of carboxylic acids is 1. The van der Waals surface area contributed by atoms with E-state index < -0.39 is 17.6 Å². The number of ether oxygens (including phenoxy) is 1. The van der Waals surface area contributed by atoms with E-state index in [0.29, 0.717) is 25.7 Å². The van der Waals surface area contributed by atoms with E-state index in [2.05, 4.69) is 34.9 Å². The van der Waals surface area contributed by atoms with E-state index in [1.54, 1.807) is 0 Å². The van der Waals surface area contributed by atoms with Gasteiger partial charge in [0.15, 0.2) is 0 Å². The lowest BCUT2D eigenvalue weighted by Crippen LogP contribution is -2.64. The summed E-state index contributed by atoms with van der Waals surface area (Å²) < 4.78 is 5.62. The van der Waals surface area contributed by atoms with Gasteiger partial charge in [0, 0.05) is 18.4 Å². The van der Waals surface area contributed by atoms with Crippen LogP contribution in [0.3, 0.4) is 0 Å². The summed E-state index contributed by atoms with van der Waals surface area (Å²) in [7, 11) is 0. The standard InChI is InChI=1S/C26H30N2O5/c1-2-17(12-13-23(29)30)27-24(31)26(14-7-15-26)28-25(32)33-16-22-20-10-5-3-8-18(20)19-9-4-6-11-21(19)22/h3-6,8-11,17,22H,2,7,12-16H2,1H3,(H,27,31)(H,28,32)(H,29,30). The maximum atomic E-state index is 13.0. The molecule has 0 saturated heterocycles. The Labute approximate surface area is 193 Å². The summed E-state index contributed by atoms with van der Waals surface area (Å²) in [5.41, 5.74) is 3.59. The highest BCUT2D eigenvalue weighted by Gasteiger charge is 2.46. The van der Waals surface area contributed by atoms with Crippen molar-refractivity contribution in [2.24, 2.45) is 0 Å². The van der Waals surface area contributed by atoms with E-state index in [0.717, 1.165) is 28.7 Å². The third-order valence-corrected chi connectivity index (χ3v) is 6.86. The van der Waals surface area contributed by atoms with Gasteiger partial charge in [-0.3, -0.25) is 9.59 Å². The number of benzene rings is 2. The Kier molecular flexibility index (Phi) is 6.67. The summed E-state index contributed by atoms with van der Waals surface area (Å²) in [6.07, 6.45) is 2.29. The minimum absolute atomic E-state index is 0.00834. The van der Waals surface area contributed by atoms with Crippen LogP contribution >= 0.6 is 0 Å². The summed E-state index contributed by atoms with van der Waals surface area (Å²) in [5.74, 6) is -1.20. The molecule has 174 valence electrons. The second-order valence-corrected chi connectivity index (χ2v) is 8.90. The molecule has 2 aliphatic carbocycles. The number of fused-ring (bicyclic) bond motifs is 3. The fraction of sp³-hybridized carbons (Fsp3) is 0.423. The number of rotatable bonds is 9. The molecule has 1 saturated carbocycles. The fourth-order valence-corrected chi connectivity index (χ4v) is 4.77. The monoisotopic (exact) mass is 450 g/mol. The molecule has 0 spiro atoms. The Morgan fingerprint density at radius 1 is 1.06 bits per heavy atom. The van der Waals surface area contributed by atoms with E-state index in [1.807, 2.05) is 31.2 Å². The molecule has 7 heteroatoms. The number of carboxylic acid groups (broad SMARTS) is 1. The second kappa shape index (κ2) is 9.65. The van der Waals surface area contributed by atoms with Crippen LogP contribution in [-0.2, 0) is 14.3 Å². The van der Waals surface area contributed by atoms with Crippen LogP contribution in [0.4, 0.5) is 4.79 Å². The van der Waals surface area contributed by atoms with E-state index in [4.69, 9.17) is 9.84 Å². The third-order valence-electron chi connectivity index (χ3n) is 6.86. The number of carbonyl (C=O) groups is 3. The van der Waals surface area contributed by atoms with E-state index >= 15 is 0 Å². The molecule has 2 amide bonds. The zero-order valence-corrected chi connectivity index (χ0v) is 18.8. The van der Waals surface area contributed by atoms with Gasteiger partial charge < -0.3 is 20.5 Å². The van der Waals surface area contributed by atoms with Crippen LogP contribution in [0.2, 0.25) is 0 Å². The SMILES string of the molecule is CCC(CCC(=O)O)NC(=O)C1(NC(=O)OCC2c3ccccc3-c3ccccc32)CCC1. The first-order valence-corrected chi connectivity index (χ1v) is 11.6. The topological polar surface area (TPSA) is 105 Å². The molecule has 1 fully saturated rings. The molecular formula is C26H30N2O5. The first kappa shape index (κ1) is 22.8. The minimum Gasteiger partial charge on any atom is -0.481 e. The Bertz CT molecular complexity index is 1000. The largest absolute Gasteiger partial charge is 0.481 e. The molecule has 3 N–H and O–H groups in total. The smallest absolute Gasteiger partial charge is 0.408 e. The van der Waals surface area contributed by atoms with Crippen molar-refractivity contribution in [3.63, 3.8) is 0 Å². The summed E-state index contributed by atoms with van der Waals surface area (Å²) in [6.45, 7) is 2.09. The Balaban J connectivity index is 1.38. The van der Waals surface area contributed by atoms with Gasteiger partial charge in [0.05, 0.1) is 0 Å². The van der Waals surface area contributed by atoms with E-state index in [1.165, 1.54) is 0 Å². The Morgan fingerprint density at radius 2 is 1.67 bits per heavy atom. The van der Waals surface area contributed by atoms with E-state index in [-0.39, 0.29) is 30.9 Å². The maximum absolute atomic E-state index is 13.0. The van der Waals surface area contributed by atoms with Crippen molar-refractivity contribution in [1.82, 2.24) is 10.6 Å². The maximum Gasteiger partial charge on any atom is 0.408 e. The average Bonchev–Trinajstić information content (AvgIpc) is 3.11. The van der Waals surface area contributed by atoms with Gasteiger partial charge in [-0.25, -0.2) is 4.79 Å². The number of hydrogen-bond donors (Lipinski definition) is 3. The lowest BCUT2D eigenvalue weighted by Gasteiger charge is -2.41. The van der Waals surface area contributed by atoms with Gasteiger partial charge in [0.25, 0.3) is 0 Å². The molecule has 0 aromatic heterocycles. The highest BCUT2D eigenvalue weighted by molar-refractivity contribution is 5.91. The van der Waals surface area contributed by atoms with Crippen LogP contribution in [0, 0.1) is 0 Å². The molecule has 0 radical (unpaired) electrons. The van der Waals surface area contributed by atoms with Gasteiger partial charge in [0.2, 0.25) is 5.91 Å². The van der Waals surface area contributed by atoms with E-state index in [9.17, 15) is 14.4 Å². The summed E-state index contributed by atoms with van der Waals surface area (Å²) in [5, 5.41) is 14.6. The van der Waals surface area contributed by atoms with Crippen LogP contribution in [0.25, 0.3) is 11.1 Å². The second-order valence-electron chi connectivity index (χ2n) is 8.90. The number of alkyl carbamates (subject to hydrolysis) is 1. The van der Waals surface area contributed by atoms with Crippen molar-refractivity contribution < 1.29 is 24.2 Å². The Morgan fingerprint density at radius 3 is 2.18 bits per heavy atom. The van der Waals surface area contributed by atoms with Crippen LogP contribution in [0.1, 0.15) is 62.5 Å². The number of aliphatic carboxylic acids is 1. The summed E-state index contributed by atoms with van der Waals surface area (Å²) in [4.78, 5) is 36.5. The van der Waals surface area contributed by atoms with Gasteiger partial charge in [0.1, 0.15) is 12.1 Å². The highest BCUT2D eigenvalue weighted by Crippen LogP contribution is 2.44. The van der Waals surface area contributed by atoms with Crippen molar-refractivity contribution in [3.05, 3.63) is 59.7 Å². The third kappa shape index (κ3) is 4.72. The van der Waals surface area contributed by atoms with Crippen LogP contribution < -0.4 is 10.6 Å². The molecule has 0 aliphatic heterocycles. The molecule has 1 unspecified atom stereocenters. The van der Waals surface area contributed by atoms with Crippen LogP contribution in [-0.4, -0.2) is 41.3 Å². The average molecular weight is 451 g/mol. The van der Waals surface area contributed by atoms with Crippen molar-refractivity contribution in [3.8, 4) is 11.1 Å². The summed E-state index contributed by atoms with van der Waals surface area (Å²) >= 11 is 0. The highest BCUT2D eigenvalue weighted by atomic mass is 16.5. The number of amides is 2. The van der Waals surface area contributed by atoms with Gasteiger partial charge in [-0.1, -0.05) is 55.5 Å². The lowest BCUT2D eigenvalue weighted by atomic mass is 9.76. The Hall–Kier alpha value is -3.35. The normalized spacial score (nSPS) is 16.6. The van der Waals surface area contributed by atoms with Crippen molar-refractivity contribution in [2.45, 2.75) is 62.9 Å². The van der Waals surface area contributed by atoms with Crippen LogP contribution in [0.15, 0.2) is 48.5 Å². The van der Waals surface area contributed by atoms with Gasteiger partial charge in [-0.2, -0.15) is 0 Å². The number of hydrogen-bond acceptors (Lipinski definition) is 4. The lowest BCUT2D eigenvalue weighted by molar-refractivity contribution is -0.138. The molecule has 1 atom stereocenters. The molecule has 2 aromatic rings. The van der Waals surface area contributed by atoms with Gasteiger partial charge in [-0.05, 0) is 54.4 Å². The van der Waals surface area contributed by atoms with Crippen molar-refractivity contribution in [1.29, 1.82) is 0 Å². The van der Waals surface area contributed by atoms with Gasteiger partial charge in [-0.15, -0.1) is 0 Å². The summed E-state index contributed by atoms with van der Waals surface area (Å²) in [6, 6.07) is 16.0. The molecule has 4 rings (SSSR count). The van der Waals surface area contributed by atoms with Crippen molar-refractivity contribution >= 4 is 18.0 Å². The molecule has 0 bridgehead atoms. The molecule has 33 heavy (non-hydrogen) atoms. The zero-order valence-electron chi connectivity index (χ0n) is 18.8. The fourth-order valence-electron chi connectivity index (χ4n) is 4.77. The predicted molar refractivity (Wildman–Crippen MR) is 124 cm³/mol. The molecular weight excluding hydrogens is 420 g/mol. The first-order valence-electron chi connectivity index (χ1n) is 11.6. The van der Waals surface area contributed by atoms with Crippen LogP contribution in [0.5, 0.6) is 0 Å². The minimum atomic E-state index is -0.987.